The summed E-state index contributed by atoms with van der Waals surface area (Å²) < 4.78 is 5.45. The second kappa shape index (κ2) is 4.41. The molecule has 0 spiro atoms. The molecule has 2 fully saturated rings. The Bertz CT molecular complexity index is 306. The van der Waals surface area contributed by atoms with E-state index in [2.05, 4.69) is 5.32 Å². The number of nitrogens with zero attached hydrogens (tertiary/aromatic N) is 1. The Kier molecular flexibility index (Phi) is 3.14. The normalized spacial score (nSPS) is 35.4. The molecular weight excluding hydrogens is 208 g/mol. The van der Waals surface area contributed by atoms with Gasteiger partial charge in [0.25, 0.3) is 0 Å². The molecule has 2 aliphatic rings. The highest BCUT2D eigenvalue weighted by atomic mass is 16.5. The minimum Gasteiger partial charge on any atom is -0.376 e. The fourth-order valence-electron chi connectivity index (χ4n) is 2.42. The summed E-state index contributed by atoms with van der Waals surface area (Å²) in [4.78, 5) is 25.3. The molecule has 5 nitrogen and oxygen atoms in total. The van der Waals surface area contributed by atoms with Crippen molar-refractivity contribution in [2.45, 2.75) is 44.9 Å². The quantitative estimate of drug-likeness (QED) is 0.715. The molecule has 0 aromatic heterocycles. The van der Waals surface area contributed by atoms with Gasteiger partial charge in [-0.3, -0.25) is 9.59 Å². The van der Waals surface area contributed by atoms with Crippen molar-refractivity contribution < 1.29 is 14.3 Å². The van der Waals surface area contributed by atoms with Crippen LogP contribution in [-0.2, 0) is 14.3 Å². The third kappa shape index (κ3) is 1.91. The van der Waals surface area contributed by atoms with E-state index in [1.807, 2.05) is 13.8 Å². The van der Waals surface area contributed by atoms with E-state index in [4.69, 9.17) is 4.74 Å². The summed E-state index contributed by atoms with van der Waals surface area (Å²) in [5.41, 5.74) is 0. The summed E-state index contributed by atoms with van der Waals surface area (Å²) >= 11 is 0. The number of ether oxygens (including phenoxy) is 1. The van der Waals surface area contributed by atoms with Crippen molar-refractivity contribution in [3.63, 3.8) is 0 Å². The van der Waals surface area contributed by atoms with Gasteiger partial charge in [0.1, 0.15) is 12.6 Å². The van der Waals surface area contributed by atoms with Gasteiger partial charge in [-0.15, -0.1) is 0 Å². The molecule has 0 aromatic rings. The first kappa shape index (κ1) is 11.4. The largest absolute Gasteiger partial charge is 0.376 e. The summed E-state index contributed by atoms with van der Waals surface area (Å²) in [5.74, 6) is -0.0324. The van der Waals surface area contributed by atoms with Gasteiger partial charge in [0.15, 0.2) is 0 Å². The molecule has 2 heterocycles. The summed E-state index contributed by atoms with van der Waals surface area (Å²) in [7, 11) is 0. The Morgan fingerprint density at radius 1 is 1.50 bits per heavy atom. The van der Waals surface area contributed by atoms with Gasteiger partial charge in [-0.25, -0.2) is 0 Å². The standard InChI is InChI=1S/C11H18N2O3/c1-3-8-11(15)13(6-10(14)12-8)9-4-5-16-7(9)2/h7-9H,3-6H2,1-2H3,(H,12,14). The van der Waals surface area contributed by atoms with E-state index >= 15 is 0 Å². The highest BCUT2D eigenvalue weighted by Gasteiger charge is 2.39. The first-order valence-electron chi connectivity index (χ1n) is 5.85. The summed E-state index contributed by atoms with van der Waals surface area (Å²) in [6.07, 6.45) is 1.51. The van der Waals surface area contributed by atoms with E-state index in [1.54, 1.807) is 4.90 Å². The van der Waals surface area contributed by atoms with Gasteiger partial charge in [0.05, 0.1) is 12.1 Å². The third-order valence-corrected chi connectivity index (χ3v) is 3.38. The zero-order valence-corrected chi connectivity index (χ0v) is 9.73. The van der Waals surface area contributed by atoms with Crippen LogP contribution in [-0.4, -0.2) is 48.1 Å². The van der Waals surface area contributed by atoms with Crippen molar-refractivity contribution >= 4 is 11.8 Å². The van der Waals surface area contributed by atoms with Crippen LogP contribution in [0.4, 0.5) is 0 Å². The number of nitrogens with one attached hydrogen (secondary N) is 1. The van der Waals surface area contributed by atoms with E-state index in [0.29, 0.717) is 13.0 Å². The molecule has 0 aromatic carbocycles. The molecule has 3 unspecified atom stereocenters. The molecule has 5 heteroatoms. The number of hydrogen-bond donors (Lipinski definition) is 1. The summed E-state index contributed by atoms with van der Waals surface area (Å²) in [5, 5.41) is 2.71. The molecule has 2 rings (SSSR count). The number of carbonyl (C=O) groups excluding carboxylic acids is 2. The first-order valence-corrected chi connectivity index (χ1v) is 5.85. The van der Waals surface area contributed by atoms with Crippen LogP contribution < -0.4 is 5.32 Å². The number of amides is 2. The van der Waals surface area contributed by atoms with E-state index < -0.39 is 0 Å². The maximum Gasteiger partial charge on any atom is 0.245 e. The lowest BCUT2D eigenvalue weighted by molar-refractivity contribution is -0.147. The van der Waals surface area contributed by atoms with Crippen molar-refractivity contribution in [1.29, 1.82) is 0 Å². The van der Waals surface area contributed by atoms with E-state index in [1.165, 1.54) is 0 Å². The van der Waals surface area contributed by atoms with Crippen LogP contribution in [0, 0.1) is 0 Å². The van der Waals surface area contributed by atoms with Crippen molar-refractivity contribution in [2.24, 2.45) is 0 Å². The van der Waals surface area contributed by atoms with Crippen LogP contribution in [0.1, 0.15) is 26.7 Å². The molecule has 90 valence electrons. The van der Waals surface area contributed by atoms with Crippen molar-refractivity contribution in [3.8, 4) is 0 Å². The van der Waals surface area contributed by atoms with Gasteiger partial charge in [-0.1, -0.05) is 6.92 Å². The van der Waals surface area contributed by atoms with Crippen LogP contribution in [0.3, 0.4) is 0 Å². The average molecular weight is 226 g/mol. The monoisotopic (exact) mass is 226 g/mol. The molecular formula is C11H18N2O3. The predicted molar refractivity (Wildman–Crippen MR) is 57.8 cm³/mol. The highest BCUT2D eigenvalue weighted by molar-refractivity contribution is 5.95. The molecule has 2 amide bonds. The lowest BCUT2D eigenvalue weighted by Gasteiger charge is -2.37. The van der Waals surface area contributed by atoms with Gasteiger partial charge in [0, 0.05) is 6.61 Å². The lowest BCUT2D eigenvalue weighted by Crippen LogP contribution is -2.61. The molecule has 2 aliphatic heterocycles. The fourth-order valence-corrected chi connectivity index (χ4v) is 2.42. The van der Waals surface area contributed by atoms with Crippen LogP contribution in [0.25, 0.3) is 0 Å². The molecule has 0 bridgehead atoms. The van der Waals surface area contributed by atoms with Crippen LogP contribution in [0.5, 0.6) is 0 Å². The predicted octanol–water partition coefficient (Wildman–Crippen LogP) is -0.0992. The van der Waals surface area contributed by atoms with Gasteiger partial charge >= 0.3 is 0 Å². The molecule has 1 N–H and O–H groups in total. The molecule has 0 radical (unpaired) electrons. The highest BCUT2D eigenvalue weighted by Crippen LogP contribution is 2.22. The second-order valence-corrected chi connectivity index (χ2v) is 4.43. The van der Waals surface area contributed by atoms with Gasteiger partial charge in [0.2, 0.25) is 11.8 Å². The Hall–Kier alpha value is -1.10. The molecule has 2 saturated heterocycles. The topological polar surface area (TPSA) is 58.6 Å². The maximum atomic E-state index is 12.1. The van der Waals surface area contributed by atoms with Crippen LogP contribution in [0.15, 0.2) is 0 Å². The third-order valence-electron chi connectivity index (χ3n) is 3.38. The zero-order chi connectivity index (χ0) is 11.7. The molecule has 0 aliphatic carbocycles. The lowest BCUT2D eigenvalue weighted by atomic mass is 10.0. The second-order valence-electron chi connectivity index (χ2n) is 4.43. The Morgan fingerprint density at radius 2 is 2.25 bits per heavy atom. The SMILES string of the molecule is CCC1NC(=O)CN(C2CCOC2C)C1=O. The van der Waals surface area contributed by atoms with Crippen molar-refractivity contribution in [1.82, 2.24) is 10.2 Å². The zero-order valence-electron chi connectivity index (χ0n) is 9.73. The van der Waals surface area contributed by atoms with Crippen molar-refractivity contribution in [3.05, 3.63) is 0 Å². The molecule has 16 heavy (non-hydrogen) atoms. The van der Waals surface area contributed by atoms with Gasteiger partial charge in [-0.2, -0.15) is 0 Å². The number of hydrogen-bond acceptors (Lipinski definition) is 3. The number of piperazine rings is 1. The Balaban J connectivity index is 2.12. The van der Waals surface area contributed by atoms with Gasteiger partial charge in [-0.05, 0) is 19.8 Å². The molecule has 3 atom stereocenters. The Morgan fingerprint density at radius 3 is 2.81 bits per heavy atom. The minimum atomic E-state index is -0.353. The average Bonchev–Trinajstić information content (AvgIpc) is 2.67. The molecule has 0 saturated carbocycles. The smallest absolute Gasteiger partial charge is 0.245 e. The Labute approximate surface area is 95.1 Å². The summed E-state index contributed by atoms with van der Waals surface area (Å²) in [6.45, 7) is 4.71. The van der Waals surface area contributed by atoms with Crippen LogP contribution >= 0.6 is 0 Å². The maximum absolute atomic E-state index is 12.1. The fraction of sp³-hybridized carbons (Fsp3) is 0.818. The van der Waals surface area contributed by atoms with E-state index in [9.17, 15) is 9.59 Å². The van der Waals surface area contributed by atoms with E-state index in [0.717, 1.165) is 6.42 Å². The first-order chi connectivity index (χ1) is 7.63. The van der Waals surface area contributed by atoms with E-state index in [-0.39, 0.29) is 36.5 Å². The minimum absolute atomic E-state index is 0.0319. The van der Waals surface area contributed by atoms with Gasteiger partial charge < -0.3 is 15.0 Å². The van der Waals surface area contributed by atoms with Crippen LogP contribution in [0.2, 0.25) is 0 Å². The number of carbonyl (C=O) groups is 2. The summed E-state index contributed by atoms with van der Waals surface area (Å²) in [6, 6.07) is -0.290. The number of rotatable bonds is 2. The van der Waals surface area contributed by atoms with Crippen molar-refractivity contribution in [2.75, 3.05) is 13.2 Å².